The number of amidine groups is 1. The minimum Gasteiger partial charge on any atom is -0.303 e. The lowest BCUT2D eigenvalue weighted by Crippen LogP contribution is -2.46. The lowest BCUT2D eigenvalue weighted by atomic mass is 9.65. The van der Waals surface area contributed by atoms with Gasteiger partial charge in [-0.2, -0.15) is 13.2 Å². The summed E-state index contributed by atoms with van der Waals surface area (Å²) in [4.78, 5) is 15.4. The van der Waals surface area contributed by atoms with Gasteiger partial charge in [-0.3, -0.25) is 14.4 Å². The highest BCUT2D eigenvalue weighted by molar-refractivity contribution is 7.84. The molecule has 1 aliphatic rings. The molecule has 2 aromatic carbocycles. The maximum atomic E-state index is 13.5. The van der Waals surface area contributed by atoms with Crippen molar-refractivity contribution in [3.8, 4) is 0 Å². The molecule has 8 heteroatoms. The van der Waals surface area contributed by atoms with E-state index < -0.39 is 33.9 Å². The fourth-order valence-electron chi connectivity index (χ4n) is 4.25. The number of nitrogens with zero attached hydrogens (tertiary/aromatic N) is 1. The van der Waals surface area contributed by atoms with Gasteiger partial charge in [0, 0.05) is 40.8 Å². The van der Waals surface area contributed by atoms with E-state index in [-0.39, 0.29) is 11.7 Å². The SMILES string of the molecule is CN1C(=N)CCC[C@](C)(c2cccc(S(C)=O)c2)[C@@H](c2ccc(C(F)(F)F)cc2)C1=O. The highest BCUT2D eigenvalue weighted by Crippen LogP contribution is 2.46. The first kappa shape index (κ1) is 23.2. The number of carbonyl (C=O) groups excluding carboxylic acids is 1. The molecule has 1 heterocycles. The number of nitrogens with one attached hydrogen (secondary N) is 1. The van der Waals surface area contributed by atoms with E-state index in [4.69, 9.17) is 5.41 Å². The molecular weight excluding hydrogens is 425 g/mol. The fourth-order valence-corrected chi connectivity index (χ4v) is 4.81. The average molecular weight is 451 g/mol. The monoisotopic (exact) mass is 450 g/mol. The third kappa shape index (κ3) is 4.59. The van der Waals surface area contributed by atoms with Crippen molar-refractivity contribution in [1.82, 2.24) is 4.90 Å². The number of amides is 1. The third-order valence-electron chi connectivity index (χ3n) is 6.13. The van der Waals surface area contributed by atoms with E-state index >= 15 is 0 Å². The first-order chi connectivity index (χ1) is 14.4. The number of carbonyl (C=O) groups is 1. The van der Waals surface area contributed by atoms with Gasteiger partial charge in [-0.1, -0.05) is 31.2 Å². The second-order valence-electron chi connectivity index (χ2n) is 8.15. The minimum atomic E-state index is -4.47. The predicted octanol–water partition coefficient (Wildman–Crippen LogP) is 5.10. The molecule has 1 amide bonds. The number of hydrogen-bond acceptors (Lipinski definition) is 3. The molecule has 1 aliphatic heterocycles. The Morgan fingerprint density at radius 1 is 1.16 bits per heavy atom. The molecule has 0 aromatic heterocycles. The molecular formula is C23H25F3N2O2S. The maximum Gasteiger partial charge on any atom is 0.416 e. The molecule has 1 saturated heterocycles. The molecule has 3 rings (SSSR count). The predicted molar refractivity (Wildman–Crippen MR) is 115 cm³/mol. The number of halogens is 3. The quantitative estimate of drug-likeness (QED) is 0.707. The van der Waals surface area contributed by atoms with E-state index in [1.165, 1.54) is 24.1 Å². The van der Waals surface area contributed by atoms with E-state index in [9.17, 15) is 22.2 Å². The van der Waals surface area contributed by atoms with Gasteiger partial charge in [-0.25, -0.2) is 0 Å². The van der Waals surface area contributed by atoms with Gasteiger partial charge in [0.15, 0.2) is 0 Å². The summed E-state index contributed by atoms with van der Waals surface area (Å²) in [5, 5.41) is 8.17. The molecule has 166 valence electrons. The molecule has 4 nitrogen and oxygen atoms in total. The summed E-state index contributed by atoms with van der Waals surface area (Å²) in [6.07, 6.45) is -1.26. The highest BCUT2D eigenvalue weighted by Gasteiger charge is 2.44. The van der Waals surface area contributed by atoms with Crippen LogP contribution in [0, 0.1) is 5.41 Å². The van der Waals surface area contributed by atoms with Crippen molar-refractivity contribution in [3.05, 3.63) is 65.2 Å². The van der Waals surface area contributed by atoms with Crippen LogP contribution in [0.5, 0.6) is 0 Å². The molecule has 0 bridgehead atoms. The Labute approximate surface area is 182 Å². The van der Waals surface area contributed by atoms with Crippen molar-refractivity contribution in [3.63, 3.8) is 0 Å². The first-order valence-electron chi connectivity index (χ1n) is 9.91. The Hall–Kier alpha value is -2.48. The van der Waals surface area contributed by atoms with Crippen LogP contribution in [-0.2, 0) is 27.2 Å². The summed E-state index contributed by atoms with van der Waals surface area (Å²) in [6.45, 7) is 1.92. The lowest BCUT2D eigenvalue weighted by Gasteiger charge is -2.42. The van der Waals surface area contributed by atoms with Gasteiger partial charge >= 0.3 is 6.18 Å². The van der Waals surface area contributed by atoms with Gasteiger partial charge in [0.1, 0.15) is 5.84 Å². The lowest BCUT2D eigenvalue weighted by molar-refractivity contribution is -0.137. The summed E-state index contributed by atoms with van der Waals surface area (Å²) in [5.41, 5.74) is -0.257. The van der Waals surface area contributed by atoms with Gasteiger partial charge in [0.25, 0.3) is 0 Å². The van der Waals surface area contributed by atoms with Crippen LogP contribution in [0.3, 0.4) is 0 Å². The molecule has 0 radical (unpaired) electrons. The molecule has 0 saturated carbocycles. The Morgan fingerprint density at radius 3 is 2.39 bits per heavy atom. The van der Waals surface area contributed by atoms with Crippen LogP contribution in [-0.4, -0.2) is 34.2 Å². The molecule has 2 aromatic rings. The number of rotatable bonds is 3. The van der Waals surface area contributed by atoms with Crippen LogP contribution in [0.25, 0.3) is 0 Å². The standard InChI is InChI=1S/C23H25F3N2O2S/c1-22(17-6-4-7-18(14-17)31(3)30)13-5-8-19(27)28(2)21(29)20(22)15-9-11-16(12-10-15)23(24,25)26/h4,6-7,9-12,14,20,27H,5,8,13H2,1-3H3/t20-,22+,31?/m0/s1. The van der Waals surface area contributed by atoms with Crippen molar-refractivity contribution >= 4 is 22.5 Å². The fraction of sp³-hybridized carbons (Fsp3) is 0.391. The smallest absolute Gasteiger partial charge is 0.303 e. The van der Waals surface area contributed by atoms with Crippen molar-refractivity contribution in [2.24, 2.45) is 0 Å². The van der Waals surface area contributed by atoms with Gasteiger partial charge in [-0.05, 0) is 48.2 Å². The number of likely N-dealkylation sites (N-methyl/N-ethyl adjacent to an activating group) is 1. The van der Waals surface area contributed by atoms with Gasteiger partial charge in [0.05, 0.1) is 11.5 Å². The summed E-state index contributed by atoms with van der Waals surface area (Å²) in [6, 6.07) is 11.9. The third-order valence-corrected chi connectivity index (χ3v) is 7.04. The minimum absolute atomic E-state index is 0.187. The zero-order valence-electron chi connectivity index (χ0n) is 17.6. The normalized spacial score (nSPS) is 23.9. The van der Waals surface area contributed by atoms with E-state index in [0.29, 0.717) is 29.7 Å². The summed E-state index contributed by atoms with van der Waals surface area (Å²) < 4.78 is 51.3. The molecule has 31 heavy (non-hydrogen) atoms. The Morgan fingerprint density at radius 2 is 1.81 bits per heavy atom. The Bertz CT molecular complexity index is 1020. The van der Waals surface area contributed by atoms with Crippen LogP contribution in [0.2, 0.25) is 0 Å². The van der Waals surface area contributed by atoms with Crippen LogP contribution >= 0.6 is 0 Å². The van der Waals surface area contributed by atoms with Crippen molar-refractivity contribution in [2.45, 2.75) is 48.6 Å². The number of likely N-dealkylation sites (tertiary alicyclic amines) is 1. The molecule has 3 atom stereocenters. The molecule has 1 fully saturated rings. The Balaban J connectivity index is 2.18. The molecule has 1 unspecified atom stereocenters. The topological polar surface area (TPSA) is 61.2 Å². The van der Waals surface area contributed by atoms with E-state index in [1.54, 1.807) is 18.4 Å². The average Bonchev–Trinajstić information content (AvgIpc) is 2.72. The number of alkyl halides is 3. The number of benzene rings is 2. The largest absolute Gasteiger partial charge is 0.416 e. The van der Waals surface area contributed by atoms with Crippen LogP contribution in [0.15, 0.2) is 53.4 Å². The van der Waals surface area contributed by atoms with E-state index in [0.717, 1.165) is 17.7 Å². The van der Waals surface area contributed by atoms with Crippen molar-refractivity contribution < 1.29 is 22.2 Å². The Kier molecular flexibility index (Phi) is 6.41. The van der Waals surface area contributed by atoms with Gasteiger partial charge in [-0.15, -0.1) is 0 Å². The van der Waals surface area contributed by atoms with E-state index in [1.807, 2.05) is 19.1 Å². The van der Waals surface area contributed by atoms with Crippen molar-refractivity contribution in [1.29, 1.82) is 5.41 Å². The van der Waals surface area contributed by atoms with Crippen LogP contribution < -0.4 is 0 Å². The summed E-state index contributed by atoms with van der Waals surface area (Å²) >= 11 is 0. The van der Waals surface area contributed by atoms with Crippen molar-refractivity contribution in [2.75, 3.05) is 13.3 Å². The van der Waals surface area contributed by atoms with Gasteiger partial charge < -0.3 is 4.90 Å². The second-order valence-corrected chi connectivity index (χ2v) is 9.53. The number of hydrogen-bond donors (Lipinski definition) is 1. The summed E-state index contributed by atoms with van der Waals surface area (Å²) in [5.74, 6) is -0.941. The molecule has 0 aliphatic carbocycles. The molecule has 1 N–H and O–H groups in total. The first-order valence-corrected chi connectivity index (χ1v) is 11.5. The van der Waals surface area contributed by atoms with Gasteiger partial charge in [0.2, 0.25) is 5.91 Å². The summed E-state index contributed by atoms with van der Waals surface area (Å²) in [7, 11) is 0.318. The van der Waals surface area contributed by atoms with Crippen LogP contribution in [0.4, 0.5) is 13.2 Å². The van der Waals surface area contributed by atoms with Crippen LogP contribution in [0.1, 0.15) is 48.8 Å². The zero-order chi connectivity index (χ0) is 23.0. The van der Waals surface area contributed by atoms with E-state index in [2.05, 4.69) is 0 Å². The maximum absolute atomic E-state index is 13.5. The molecule has 0 spiro atoms. The second kappa shape index (κ2) is 8.57. The highest BCUT2D eigenvalue weighted by atomic mass is 32.2. The zero-order valence-corrected chi connectivity index (χ0v) is 18.4.